The van der Waals surface area contributed by atoms with Crippen molar-refractivity contribution < 1.29 is 4.79 Å². The zero-order chi connectivity index (χ0) is 15.5. The molecule has 3 nitrogen and oxygen atoms in total. The molecular weight excluding hydrogens is 316 g/mol. The first-order valence-electron chi connectivity index (χ1n) is 6.71. The van der Waals surface area contributed by atoms with Crippen molar-refractivity contribution in [2.75, 3.05) is 0 Å². The lowest BCUT2D eigenvalue weighted by Crippen LogP contribution is -2.12. The number of fused-ring (bicyclic) bond motifs is 1. The molecule has 0 atom stereocenters. The number of rotatable bonds is 2. The predicted octanol–water partition coefficient (Wildman–Crippen LogP) is 4.03. The Labute approximate surface area is 136 Å². The molecule has 0 N–H and O–H groups in total. The molecule has 0 saturated carbocycles. The summed E-state index contributed by atoms with van der Waals surface area (Å²) in [5, 5.41) is 0.657. The molecular formula is C17H13ClN2OS. The number of amides is 1. The quantitative estimate of drug-likeness (QED) is 0.654. The normalized spacial score (nSPS) is 12.4. The van der Waals surface area contributed by atoms with Gasteiger partial charge in [0.1, 0.15) is 0 Å². The molecule has 110 valence electrons. The highest BCUT2D eigenvalue weighted by molar-refractivity contribution is 7.16. The van der Waals surface area contributed by atoms with Crippen LogP contribution in [0.4, 0.5) is 0 Å². The number of hydrogen-bond acceptors (Lipinski definition) is 2. The van der Waals surface area contributed by atoms with Gasteiger partial charge in [-0.3, -0.25) is 4.79 Å². The third kappa shape index (κ3) is 3.03. The third-order valence-electron chi connectivity index (χ3n) is 3.20. The number of nitrogens with zero attached hydrogens (tertiary/aromatic N) is 2. The molecule has 0 radical (unpaired) electrons. The van der Waals surface area contributed by atoms with Crippen LogP contribution >= 0.6 is 22.9 Å². The van der Waals surface area contributed by atoms with E-state index in [2.05, 4.69) is 4.99 Å². The Morgan fingerprint density at radius 3 is 2.68 bits per heavy atom. The van der Waals surface area contributed by atoms with Crippen LogP contribution in [0, 0.1) is 0 Å². The Balaban J connectivity index is 1.95. The van der Waals surface area contributed by atoms with E-state index in [9.17, 15) is 4.79 Å². The second-order valence-corrected chi connectivity index (χ2v) is 6.14. The van der Waals surface area contributed by atoms with E-state index in [-0.39, 0.29) is 5.91 Å². The topological polar surface area (TPSA) is 34.4 Å². The second-order valence-electron chi connectivity index (χ2n) is 4.72. The number of carbonyl (C=O) groups is 1. The van der Waals surface area contributed by atoms with Crippen LogP contribution in [-0.2, 0) is 11.8 Å². The summed E-state index contributed by atoms with van der Waals surface area (Å²) < 4.78 is 2.85. The first-order chi connectivity index (χ1) is 10.6. The number of aryl methyl sites for hydroxylation is 1. The van der Waals surface area contributed by atoms with Crippen LogP contribution in [0.3, 0.4) is 0 Å². The summed E-state index contributed by atoms with van der Waals surface area (Å²) in [7, 11) is 1.86. The minimum atomic E-state index is -0.290. The van der Waals surface area contributed by atoms with E-state index in [1.807, 2.05) is 60.1 Å². The van der Waals surface area contributed by atoms with Gasteiger partial charge in [-0.1, -0.05) is 59.3 Å². The van der Waals surface area contributed by atoms with Crippen LogP contribution in [0.25, 0.3) is 16.3 Å². The van der Waals surface area contributed by atoms with Crippen molar-refractivity contribution in [3.8, 4) is 0 Å². The number of benzene rings is 2. The molecule has 22 heavy (non-hydrogen) atoms. The summed E-state index contributed by atoms with van der Waals surface area (Å²) in [5.41, 5.74) is 1.86. The SMILES string of the molecule is Cn1c(=NC(=O)/C=C/c2ccccc2)sc2cccc(Cl)c21. The van der Waals surface area contributed by atoms with Crippen molar-refractivity contribution in [2.24, 2.45) is 12.0 Å². The maximum absolute atomic E-state index is 12.0. The van der Waals surface area contributed by atoms with Crippen LogP contribution in [0.2, 0.25) is 5.02 Å². The Morgan fingerprint density at radius 2 is 1.95 bits per heavy atom. The van der Waals surface area contributed by atoms with Crippen LogP contribution in [0.5, 0.6) is 0 Å². The number of hydrogen-bond donors (Lipinski definition) is 0. The molecule has 0 unspecified atom stereocenters. The fraction of sp³-hybridized carbons (Fsp3) is 0.0588. The third-order valence-corrected chi connectivity index (χ3v) is 4.60. The van der Waals surface area contributed by atoms with Gasteiger partial charge in [0.15, 0.2) is 4.80 Å². The van der Waals surface area contributed by atoms with Gasteiger partial charge in [-0.2, -0.15) is 4.99 Å². The van der Waals surface area contributed by atoms with Crippen LogP contribution in [0.1, 0.15) is 5.56 Å². The molecule has 1 heterocycles. The zero-order valence-electron chi connectivity index (χ0n) is 11.9. The lowest BCUT2D eigenvalue weighted by molar-refractivity contribution is -0.113. The second kappa shape index (κ2) is 6.30. The molecule has 2 aromatic carbocycles. The molecule has 0 aliphatic carbocycles. The smallest absolute Gasteiger partial charge is 0.272 e. The van der Waals surface area contributed by atoms with Crippen LogP contribution in [0.15, 0.2) is 59.6 Å². The van der Waals surface area contributed by atoms with Gasteiger partial charge in [-0.25, -0.2) is 0 Å². The Morgan fingerprint density at radius 1 is 1.18 bits per heavy atom. The Hall–Kier alpha value is -2.17. The average molecular weight is 329 g/mol. The summed E-state index contributed by atoms with van der Waals surface area (Å²) in [6, 6.07) is 15.3. The first-order valence-corrected chi connectivity index (χ1v) is 7.90. The maximum atomic E-state index is 12.0. The number of para-hydroxylation sites is 1. The fourth-order valence-corrected chi connectivity index (χ4v) is 3.53. The molecule has 0 spiro atoms. The summed E-state index contributed by atoms with van der Waals surface area (Å²) in [6.07, 6.45) is 3.23. The number of halogens is 1. The highest BCUT2D eigenvalue weighted by Crippen LogP contribution is 2.24. The summed E-state index contributed by atoms with van der Waals surface area (Å²) in [4.78, 5) is 16.8. The Bertz CT molecular complexity index is 923. The van der Waals surface area contributed by atoms with Gasteiger partial charge in [0, 0.05) is 13.1 Å². The van der Waals surface area contributed by atoms with Gasteiger partial charge in [0.2, 0.25) is 0 Å². The molecule has 0 aliphatic heterocycles. The summed E-state index contributed by atoms with van der Waals surface area (Å²) in [5.74, 6) is -0.290. The van der Waals surface area contributed by atoms with Crippen LogP contribution < -0.4 is 4.80 Å². The van der Waals surface area contributed by atoms with E-state index < -0.39 is 0 Å². The molecule has 0 saturated heterocycles. The molecule has 0 fully saturated rings. The van der Waals surface area contributed by atoms with Crippen molar-refractivity contribution in [1.29, 1.82) is 0 Å². The molecule has 0 bridgehead atoms. The molecule has 1 aromatic heterocycles. The molecule has 3 aromatic rings. The van der Waals surface area contributed by atoms with E-state index in [1.165, 1.54) is 17.4 Å². The van der Waals surface area contributed by atoms with Gasteiger partial charge < -0.3 is 4.57 Å². The lowest BCUT2D eigenvalue weighted by atomic mass is 10.2. The maximum Gasteiger partial charge on any atom is 0.272 e. The minimum absolute atomic E-state index is 0.290. The van der Waals surface area contributed by atoms with Gasteiger partial charge in [0.05, 0.1) is 15.2 Å². The molecule has 3 rings (SSSR count). The molecule has 5 heteroatoms. The summed E-state index contributed by atoms with van der Waals surface area (Å²) in [6.45, 7) is 0. The summed E-state index contributed by atoms with van der Waals surface area (Å²) >= 11 is 7.64. The number of thiazole rings is 1. The molecule has 1 amide bonds. The minimum Gasteiger partial charge on any atom is -0.318 e. The van der Waals surface area contributed by atoms with Crippen molar-refractivity contribution in [3.05, 3.63) is 70.0 Å². The van der Waals surface area contributed by atoms with E-state index in [0.717, 1.165) is 15.8 Å². The zero-order valence-corrected chi connectivity index (χ0v) is 13.4. The van der Waals surface area contributed by atoms with E-state index in [1.54, 1.807) is 6.08 Å². The van der Waals surface area contributed by atoms with Crippen molar-refractivity contribution in [3.63, 3.8) is 0 Å². The Kier molecular flexibility index (Phi) is 4.22. The monoisotopic (exact) mass is 328 g/mol. The van der Waals surface area contributed by atoms with Crippen molar-refractivity contribution in [2.45, 2.75) is 0 Å². The van der Waals surface area contributed by atoms with E-state index >= 15 is 0 Å². The van der Waals surface area contributed by atoms with Gasteiger partial charge >= 0.3 is 0 Å². The van der Waals surface area contributed by atoms with Crippen molar-refractivity contribution in [1.82, 2.24) is 4.57 Å². The van der Waals surface area contributed by atoms with E-state index in [4.69, 9.17) is 11.6 Å². The average Bonchev–Trinajstić information content (AvgIpc) is 2.84. The number of aromatic nitrogens is 1. The highest BCUT2D eigenvalue weighted by Gasteiger charge is 2.06. The largest absolute Gasteiger partial charge is 0.318 e. The van der Waals surface area contributed by atoms with E-state index in [0.29, 0.717) is 9.82 Å². The predicted molar refractivity (Wildman–Crippen MR) is 91.9 cm³/mol. The number of carbonyl (C=O) groups excluding carboxylic acids is 1. The lowest BCUT2D eigenvalue weighted by Gasteiger charge is -1.96. The standard InChI is InChI=1S/C17H13ClN2OS/c1-20-16-13(18)8-5-9-14(16)22-17(20)19-15(21)11-10-12-6-3-2-4-7-12/h2-11H,1H3/b11-10+,19-17?. The molecule has 0 aliphatic rings. The van der Waals surface area contributed by atoms with Crippen LogP contribution in [-0.4, -0.2) is 10.5 Å². The van der Waals surface area contributed by atoms with Gasteiger partial charge in [-0.05, 0) is 23.8 Å². The van der Waals surface area contributed by atoms with Crippen molar-refractivity contribution >= 4 is 45.1 Å². The highest BCUT2D eigenvalue weighted by atomic mass is 35.5. The van der Waals surface area contributed by atoms with Gasteiger partial charge in [0.25, 0.3) is 5.91 Å². The fourth-order valence-electron chi connectivity index (χ4n) is 2.13. The first kappa shape index (κ1) is 14.8. The van der Waals surface area contributed by atoms with Gasteiger partial charge in [-0.15, -0.1) is 0 Å².